The number of aliphatic carboxylic acids is 1. The molecule has 2 unspecified atom stereocenters. The highest BCUT2D eigenvalue weighted by Gasteiger charge is 2.44. The third-order valence-corrected chi connectivity index (χ3v) is 4.36. The van der Waals surface area contributed by atoms with Crippen molar-refractivity contribution in [1.82, 2.24) is 10.6 Å². The molecule has 0 aromatic carbocycles. The van der Waals surface area contributed by atoms with E-state index in [1.165, 1.54) is 0 Å². The molecule has 2 atom stereocenters. The summed E-state index contributed by atoms with van der Waals surface area (Å²) in [6.45, 7) is 0.700. The zero-order chi connectivity index (χ0) is 11.6. The summed E-state index contributed by atoms with van der Waals surface area (Å²) >= 11 is 1.62. The first-order valence-corrected chi connectivity index (χ1v) is 6.66. The second-order valence-corrected chi connectivity index (χ2v) is 5.43. The molecule has 2 fully saturated rings. The number of carboxylic acid groups (broad SMARTS) is 1. The Labute approximate surface area is 98.4 Å². The number of thioether (sulfide) groups is 1. The third-order valence-electron chi connectivity index (χ3n) is 3.17. The van der Waals surface area contributed by atoms with Crippen molar-refractivity contribution in [2.24, 2.45) is 0 Å². The minimum absolute atomic E-state index is 0.0659. The van der Waals surface area contributed by atoms with Gasteiger partial charge in [0.05, 0.1) is 6.04 Å². The quantitative estimate of drug-likeness (QED) is 0.641. The molecule has 5 nitrogen and oxygen atoms in total. The SMILES string of the molecule is O=C1NCCCC1NC1(C(=O)O)CCSC1. The van der Waals surface area contributed by atoms with Crippen LogP contribution in [0.5, 0.6) is 0 Å². The average molecular weight is 244 g/mol. The van der Waals surface area contributed by atoms with Crippen LogP contribution in [0.4, 0.5) is 0 Å². The van der Waals surface area contributed by atoms with Gasteiger partial charge in [-0.2, -0.15) is 11.8 Å². The standard InChI is InChI=1S/C10H16N2O3S/c13-8-7(2-1-4-11-8)12-10(9(14)15)3-5-16-6-10/h7,12H,1-6H2,(H,11,13)(H,14,15). The van der Waals surface area contributed by atoms with E-state index < -0.39 is 11.5 Å². The van der Waals surface area contributed by atoms with E-state index in [-0.39, 0.29) is 11.9 Å². The van der Waals surface area contributed by atoms with Gasteiger partial charge in [0.15, 0.2) is 0 Å². The zero-order valence-electron chi connectivity index (χ0n) is 8.99. The molecule has 2 heterocycles. The van der Waals surface area contributed by atoms with Crippen LogP contribution in [0.2, 0.25) is 0 Å². The van der Waals surface area contributed by atoms with Crippen LogP contribution >= 0.6 is 11.8 Å². The highest BCUT2D eigenvalue weighted by molar-refractivity contribution is 7.99. The van der Waals surface area contributed by atoms with Gasteiger partial charge in [0.25, 0.3) is 0 Å². The van der Waals surface area contributed by atoms with E-state index in [2.05, 4.69) is 10.6 Å². The number of hydrogen-bond acceptors (Lipinski definition) is 4. The summed E-state index contributed by atoms with van der Waals surface area (Å²) in [5.41, 5.74) is -0.899. The Morgan fingerprint density at radius 2 is 2.44 bits per heavy atom. The van der Waals surface area contributed by atoms with Crippen molar-refractivity contribution in [2.45, 2.75) is 30.8 Å². The third kappa shape index (κ3) is 2.17. The Bertz CT molecular complexity index is 302. The van der Waals surface area contributed by atoms with Crippen LogP contribution in [0.3, 0.4) is 0 Å². The lowest BCUT2D eigenvalue weighted by atomic mass is 9.95. The van der Waals surface area contributed by atoms with Gasteiger partial charge in [0.2, 0.25) is 5.91 Å². The molecule has 3 N–H and O–H groups in total. The van der Waals surface area contributed by atoms with Crippen LogP contribution in [-0.2, 0) is 9.59 Å². The first-order chi connectivity index (χ1) is 7.64. The summed E-state index contributed by atoms with van der Waals surface area (Å²) in [6, 6.07) is -0.344. The molecule has 2 aliphatic heterocycles. The minimum Gasteiger partial charge on any atom is -0.480 e. The van der Waals surface area contributed by atoms with Gasteiger partial charge in [-0.15, -0.1) is 0 Å². The molecule has 0 spiro atoms. The van der Waals surface area contributed by atoms with E-state index in [4.69, 9.17) is 0 Å². The lowest BCUT2D eigenvalue weighted by molar-refractivity contribution is -0.144. The molecule has 0 bridgehead atoms. The van der Waals surface area contributed by atoms with Gasteiger partial charge in [-0.1, -0.05) is 0 Å². The highest BCUT2D eigenvalue weighted by atomic mass is 32.2. The van der Waals surface area contributed by atoms with Crippen molar-refractivity contribution >= 4 is 23.6 Å². The number of amides is 1. The molecule has 16 heavy (non-hydrogen) atoms. The number of rotatable bonds is 3. The zero-order valence-corrected chi connectivity index (χ0v) is 9.81. The van der Waals surface area contributed by atoms with Crippen LogP contribution < -0.4 is 10.6 Å². The molecule has 1 amide bonds. The van der Waals surface area contributed by atoms with E-state index in [0.29, 0.717) is 18.7 Å². The Hall–Kier alpha value is -0.750. The van der Waals surface area contributed by atoms with Crippen LogP contribution in [-0.4, -0.2) is 46.6 Å². The van der Waals surface area contributed by atoms with Crippen molar-refractivity contribution in [1.29, 1.82) is 0 Å². The monoisotopic (exact) mass is 244 g/mol. The Kier molecular flexibility index (Phi) is 3.39. The molecule has 0 aromatic rings. The number of piperidine rings is 1. The molecule has 0 aliphatic carbocycles. The second-order valence-electron chi connectivity index (χ2n) is 4.32. The van der Waals surface area contributed by atoms with E-state index in [0.717, 1.165) is 18.6 Å². The van der Waals surface area contributed by atoms with Gasteiger partial charge in [-0.05, 0) is 25.0 Å². The molecule has 2 saturated heterocycles. The molecular weight excluding hydrogens is 228 g/mol. The lowest BCUT2D eigenvalue weighted by Gasteiger charge is -2.32. The average Bonchev–Trinajstić information content (AvgIpc) is 2.71. The van der Waals surface area contributed by atoms with Crippen molar-refractivity contribution < 1.29 is 14.7 Å². The highest BCUT2D eigenvalue weighted by Crippen LogP contribution is 2.29. The summed E-state index contributed by atoms with van der Waals surface area (Å²) in [5.74, 6) is 0.486. The van der Waals surface area contributed by atoms with E-state index in [1.54, 1.807) is 11.8 Å². The van der Waals surface area contributed by atoms with Gasteiger partial charge in [0.1, 0.15) is 5.54 Å². The van der Waals surface area contributed by atoms with Crippen molar-refractivity contribution in [3.63, 3.8) is 0 Å². The number of carbonyl (C=O) groups excluding carboxylic acids is 1. The molecule has 0 saturated carbocycles. The maximum atomic E-state index is 11.6. The largest absolute Gasteiger partial charge is 0.480 e. The van der Waals surface area contributed by atoms with E-state index in [9.17, 15) is 14.7 Å². The fourth-order valence-electron chi connectivity index (χ4n) is 2.15. The number of nitrogens with one attached hydrogen (secondary N) is 2. The van der Waals surface area contributed by atoms with Crippen LogP contribution in [0.1, 0.15) is 19.3 Å². The van der Waals surface area contributed by atoms with Gasteiger partial charge in [-0.25, -0.2) is 0 Å². The van der Waals surface area contributed by atoms with Crippen LogP contribution in [0.15, 0.2) is 0 Å². The normalized spacial score (nSPS) is 34.8. The maximum absolute atomic E-state index is 11.6. The summed E-state index contributed by atoms with van der Waals surface area (Å²) in [4.78, 5) is 22.9. The van der Waals surface area contributed by atoms with Crippen molar-refractivity contribution in [3.05, 3.63) is 0 Å². The predicted molar refractivity (Wildman–Crippen MR) is 61.5 cm³/mol. The maximum Gasteiger partial charge on any atom is 0.324 e. The summed E-state index contributed by atoms with van der Waals surface area (Å²) in [5, 5.41) is 15.1. The van der Waals surface area contributed by atoms with Gasteiger partial charge in [-0.3, -0.25) is 14.9 Å². The summed E-state index contributed by atoms with van der Waals surface area (Å²) < 4.78 is 0. The number of carbonyl (C=O) groups is 2. The molecule has 2 aliphatic rings. The summed E-state index contributed by atoms with van der Waals surface area (Å²) in [7, 11) is 0. The Balaban J connectivity index is 2.05. The molecular formula is C10H16N2O3S. The molecule has 2 rings (SSSR count). The topological polar surface area (TPSA) is 78.4 Å². The Morgan fingerprint density at radius 1 is 1.62 bits per heavy atom. The van der Waals surface area contributed by atoms with Crippen LogP contribution in [0, 0.1) is 0 Å². The number of carboxylic acids is 1. The van der Waals surface area contributed by atoms with Crippen molar-refractivity contribution in [3.8, 4) is 0 Å². The van der Waals surface area contributed by atoms with E-state index in [1.807, 2.05) is 0 Å². The minimum atomic E-state index is -0.899. The fraction of sp³-hybridized carbons (Fsp3) is 0.800. The molecule has 6 heteroatoms. The second kappa shape index (κ2) is 4.63. The van der Waals surface area contributed by atoms with Gasteiger partial charge >= 0.3 is 5.97 Å². The van der Waals surface area contributed by atoms with Gasteiger partial charge < -0.3 is 10.4 Å². The first-order valence-electron chi connectivity index (χ1n) is 5.51. The number of hydrogen-bond donors (Lipinski definition) is 3. The fourth-order valence-corrected chi connectivity index (χ4v) is 3.49. The summed E-state index contributed by atoms with van der Waals surface area (Å²) in [6.07, 6.45) is 2.23. The lowest BCUT2D eigenvalue weighted by Crippen LogP contribution is -2.61. The van der Waals surface area contributed by atoms with E-state index >= 15 is 0 Å². The van der Waals surface area contributed by atoms with Crippen molar-refractivity contribution in [2.75, 3.05) is 18.1 Å². The molecule has 90 valence electrons. The predicted octanol–water partition coefficient (Wildman–Crippen LogP) is -0.185. The molecule has 0 radical (unpaired) electrons. The Morgan fingerprint density at radius 3 is 3.00 bits per heavy atom. The smallest absolute Gasteiger partial charge is 0.324 e. The van der Waals surface area contributed by atoms with Gasteiger partial charge in [0, 0.05) is 12.3 Å². The molecule has 0 aromatic heterocycles. The van der Waals surface area contributed by atoms with Crippen LogP contribution in [0.25, 0.3) is 0 Å². The first kappa shape index (κ1) is 11.7.